The molecule has 2 aromatic rings. The summed E-state index contributed by atoms with van der Waals surface area (Å²) in [4.78, 5) is 23.7. The standard InChI is InChI=1S/C28H30BrNO6S/c1-7-10-34-23-15(2)16(3)24-19(17(23)4)8-9-28(5,36-24)14-35-25-20(29)11-18(12-21(25)33-6)13-22-26(31)30-27(32)37-22/h7,11-13H,1,8-10,14H2,2-6H3,(H,30,31,32). The summed E-state index contributed by atoms with van der Waals surface area (Å²) >= 11 is 4.44. The molecule has 0 aliphatic carbocycles. The van der Waals surface area contributed by atoms with Crippen molar-refractivity contribution in [2.45, 2.75) is 46.1 Å². The predicted octanol–water partition coefficient (Wildman–Crippen LogP) is 6.43. The molecule has 2 aliphatic heterocycles. The van der Waals surface area contributed by atoms with Crippen LogP contribution in [0.4, 0.5) is 4.79 Å². The molecule has 4 rings (SSSR count). The van der Waals surface area contributed by atoms with E-state index in [-0.39, 0.29) is 5.24 Å². The minimum absolute atomic E-state index is 0.306. The number of imide groups is 1. The van der Waals surface area contributed by atoms with Gasteiger partial charge in [-0.05, 0) is 109 Å². The normalized spacial score (nSPS) is 19.8. The molecule has 0 saturated carbocycles. The van der Waals surface area contributed by atoms with Gasteiger partial charge in [-0.1, -0.05) is 12.7 Å². The minimum Gasteiger partial charge on any atom is -0.493 e. The molecular weight excluding hydrogens is 558 g/mol. The van der Waals surface area contributed by atoms with Crippen molar-refractivity contribution in [1.29, 1.82) is 0 Å². The Morgan fingerprint density at radius 1 is 1.16 bits per heavy atom. The molecule has 1 saturated heterocycles. The second-order valence-electron chi connectivity index (χ2n) is 9.34. The first-order valence-corrected chi connectivity index (χ1v) is 13.5. The van der Waals surface area contributed by atoms with Crippen LogP contribution >= 0.6 is 27.7 Å². The smallest absolute Gasteiger partial charge is 0.290 e. The van der Waals surface area contributed by atoms with E-state index in [1.807, 2.05) is 13.0 Å². The van der Waals surface area contributed by atoms with Crippen LogP contribution in [-0.4, -0.2) is 37.1 Å². The predicted molar refractivity (Wildman–Crippen MR) is 149 cm³/mol. The summed E-state index contributed by atoms with van der Waals surface area (Å²) in [6, 6.07) is 3.59. The molecule has 0 bridgehead atoms. The summed E-state index contributed by atoms with van der Waals surface area (Å²) in [7, 11) is 1.56. The molecule has 1 fully saturated rings. The zero-order chi connectivity index (χ0) is 26.9. The van der Waals surface area contributed by atoms with E-state index in [0.29, 0.717) is 39.7 Å². The van der Waals surface area contributed by atoms with Gasteiger partial charge in [-0.3, -0.25) is 14.9 Å². The number of fused-ring (bicyclic) bond motifs is 1. The lowest BCUT2D eigenvalue weighted by Crippen LogP contribution is -2.42. The van der Waals surface area contributed by atoms with Crippen molar-refractivity contribution in [1.82, 2.24) is 5.32 Å². The molecule has 1 atom stereocenters. The van der Waals surface area contributed by atoms with Crippen molar-refractivity contribution in [2.24, 2.45) is 0 Å². The molecule has 2 heterocycles. The van der Waals surface area contributed by atoms with Gasteiger partial charge in [0.25, 0.3) is 11.1 Å². The monoisotopic (exact) mass is 587 g/mol. The topological polar surface area (TPSA) is 83.1 Å². The van der Waals surface area contributed by atoms with Crippen LogP contribution in [0, 0.1) is 20.8 Å². The molecule has 2 aliphatic rings. The Hall–Kier alpha value is -2.91. The lowest BCUT2D eigenvalue weighted by Gasteiger charge is -2.38. The quantitative estimate of drug-likeness (QED) is 0.281. The number of hydrogen-bond donors (Lipinski definition) is 1. The number of carbonyl (C=O) groups is 2. The third-order valence-corrected chi connectivity index (χ3v) is 8.02. The van der Waals surface area contributed by atoms with Crippen molar-refractivity contribution < 1.29 is 28.5 Å². The SMILES string of the molecule is C=CCOc1c(C)c(C)c2c(c1C)CCC(C)(COc1c(Br)cc(C=C3SC(=O)NC3=O)cc1OC)O2. The van der Waals surface area contributed by atoms with Crippen LogP contribution in [0.2, 0.25) is 0 Å². The Morgan fingerprint density at radius 2 is 1.92 bits per heavy atom. The van der Waals surface area contributed by atoms with Crippen LogP contribution in [0.15, 0.2) is 34.2 Å². The number of ether oxygens (including phenoxy) is 4. The Morgan fingerprint density at radius 3 is 2.57 bits per heavy atom. The van der Waals surface area contributed by atoms with Gasteiger partial charge in [0, 0.05) is 5.56 Å². The van der Waals surface area contributed by atoms with Crippen LogP contribution in [0.5, 0.6) is 23.0 Å². The maximum atomic E-state index is 11.9. The molecular formula is C28H30BrNO6S. The summed E-state index contributed by atoms with van der Waals surface area (Å²) in [6.07, 6.45) is 5.01. The maximum absolute atomic E-state index is 11.9. The molecule has 9 heteroatoms. The molecule has 37 heavy (non-hydrogen) atoms. The van der Waals surface area contributed by atoms with E-state index in [1.54, 1.807) is 25.3 Å². The highest BCUT2D eigenvalue weighted by atomic mass is 79.9. The highest BCUT2D eigenvalue weighted by molar-refractivity contribution is 9.10. The number of amides is 2. The number of hydrogen-bond acceptors (Lipinski definition) is 7. The molecule has 2 amide bonds. The van der Waals surface area contributed by atoms with Crippen LogP contribution in [0.1, 0.15) is 41.2 Å². The number of carbonyl (C=O) groups excluding carboxylic acids is 2. The van der Waals surface area contributed by atoms with E-state index < -0.39 is 11.5 Å². The number of thioether (sulfide) groups is 1. The average molecular weight is 589 g/mol. The third-order valence-electron chi connectivity index (χ3n) is 6.62. The van der Waals surface area contributed by atoms with Crippen LogP contribution in [-0.2, 0) is 11.2 Å². The third kappa shape index (κ3) is 5.52. The first kappa shape index (κ1) is 27.1. The van der Waals surface area contributed by atoms with Gasteiger partial charge in [-0.15, -0.1) is 0 Å². The van der Waals surface area contributed by atoms with Crippen molar-refractivity contribution in [3.8, 4) is 23.0 Å². The van der Waals surface area contributed by atoms with Gasteiger partial charge < -0.3 is 18.9 Å². The Balaban J connectivity index is 1.55. The van der Waals surface area contributed by atoms with Crippen LogP contribution in [0.25, 0.3) is 6.08 Å². The molecule has 2 aromatic carbocycles. The number of rotatable bonds is 8. The molecule has 0 aromatic heterocycles. The van der Waals surface area contributed by atoms with Crippen molar-refractivity contribution in [2.75, 3.05) is 20.3 Å². The number of methoxy groups -OCH3 is 1. The lowest BCUT2D eigenvalue weighted by atomic mass is 9.87. The van der Waals surface area contributed by atoms with E-state index in [4.69, 9.17) is 18.9 Å². The van der Waals surface area contributed by atoms with Gasteiger partial charge in [0.1, 0.15) is 30.3 Å². The zero-order valence-electron chi connectivity index (χ0n) is 21.6. The summed E-state index contributed by atoms with van der Waals surface area (Å²) < 4.78 is 25.1. The van der Waals surface area contributed by atoms with Gasteiger partial charge >= 0.3 is 0 Å². The van der Waals surface area contributed by atoms with E-state index >= 15 is 0 Å². The van der Waals surface area contributed by atoms with Gasteiger partial charge in [0.2, 0.25) is 0 Å². The number of halogens is 1. The van der Waals surface area contributed by atoms with Gasteiger partial charge in [0.15, 0.2) is 11.5 Å². The molecule has 7 nitrogen and oxygen atoms in total. The minimum atomic E-state index is -0.551. The highest BCUT2D eigenvalue weighted by Crippen LogP contribution is 2.45. The summed E-state index contributed by atoms with van der Waals surface area (Å²) in [5, 5.41) is 1.87. The number of benzene rings is 2. The second-order valence-corrected chi connectivity index (χ2v) is 11.2. The van der Waals surface area contributed by atoms with Crippen LogP contribution < -0.4 is 24.3 Å². The molecule has 0 radical (unpaired) electrons. The van der Waals surface area contributed by atoms with E-state index in [2.05, 4.69) is 48.6 Å². The Labute approximate surface area is 229 Å². The molecule has 0 spiro atoms. The van der Waals surface area contributed by atoms with Crippen molar-refractivity contribution >= 4 is 44.9 Å². The first-order valence-electron chi connectivity index (χ1n) is 11.9. The van der Waals surface area contributed by atoms with Crippen LogP contribution in [0.3, 0.4) is 0 Å². The van der Waals surface area contributed by atoms with Crippen molar-refractivity contribution in [3.63, 3.8) is 0 Å². The van der Waals surface area contributed by atoms with E-state index in [0.717, 1.165) is 52.8 Å². The summed E-state index contributed by atoms with van der Waals surface area (Å²) in [6.45, 7) is 12.8. The van der Waals surface area contributed by atoms with E-state index in [9.17, 15) is 9.59 Å². The number of nitrogens with one attached hydrogen (secondary N) is 1. The largest absolute Gasteiger partial charge is 0.493 e. The second kappa shape index (κ2) is 10.8. The fourth-order valence-electron chi connectivity index (χ4n) is 4.50. The summed E-state index contributed by atoms with van der Waals surface area (Å²) in [5.74, 6) is 2.43. The Bertz CT molecular complexity index is 1320. The lowest BCUT2D eigenvalue weighted by molar-refractivity contribution is -0.115. The van der Waals surface area contributed by atoms with Crippen molar-refractivity contribution in [3.05, 3.63) is 62.0 Å². The molecule has 1 unspecified atom stereocenters. The first-order chi connectivity index (χ1) is 17.6. The highest BCUT2D eigenvalue weighted by Gasteiger charge is 2.36. The van der Waals surface area contributed by atoms with Gasteiger partial charge in [-0.2, -0.15) is 0 Å². The molecule has 196 valence electrons. The van der Waals surface area contributed by atoms with Gasteiger partial charge in [0.05, 0.1) is 16.5 Å². The maximum Gasteiger partial charge on any atom is 0.290 e. The fraction of sp³-hybridized carbons (Fsp3) is 0.357. The van der Waals surface area contributed by atoms with E-state index in [1.165, 1.54) is 5.56 Å². The molecule has 1 N–H and O–H groups in total. The summed E-state index contributed by atoms with van der Waals surface area (Å²) in [5.41, 5.74) is 4.55. The van der Waals surface area contributed by atoms with Gasteiger partial charge in [-0.25, -0.2) is 0 Å². The fourth-order valence-corrected chi connectivity index (χ4v) is 5.76. The zero-order valence-corrected chi connectivity index (χ0v) is 24.0. The Kier molecular flexibility index (Phi) is 7.94. The average Bonchev–Trinajstić information content (AvgIpc) is 3.17.